The number of sulfone groups is 1. The van der Waals surface area contributed by atoms with Crippen molar-refractivity contribution in [2.45, 2.75) is 10.1 Å². The van der Waals surface area contributed by atoms with Gasteiger partial charge in [-0.2, -0.15) is 0 Å². The average Bonchev–Trinajstić information content (AvgIpc) is 3.29. The minimum Gasteiger partial charge on any atom is -0.459 e. The number of thiophene rings is 1. The van der Waals surface area contributed by atoms with Crippen molar-refractivity contribution < 1.29 is 22.0 Å². The van der Waals surface area contributed by atoms with Crippen LogP contribution in [0.5, 0.6) is 0 Å². The summed E-state index contributed by atoms with van der Waals surface area (Å²) in [6.45, 7) is -0.125. The van der Waals surface area contributed by atoms with Gasteiger partial charge in [-0.05, 0) is 47.8 Å². The third-order valence-electron chi connectivity index (χ3n) is 3.57. The van der Waals surface area contributed by atoms with Crippen molar-refractivity contribution in [2.75, 3.05) is 6.54 Å². The highest BCUT2D eigenvalue weighted by Crippen LogP contribution is 2.31. The van der Waals surface area contributed by atoms with E-state index >= 15 is 0 Å². The van der Waals surface area contributed by atoms with Gasteiger partial charge in [0.1, 0.15) is 11.1 Å². The summed E-state index contributed by atoms with van der Waals surface area (Å²) >= 11 is 1.28. The third-order valence-corrected chi connectivity index (χ3v) is 6.80. The molecule has 5 nitrogen and oxygen atoms in total. The number of furan rings is 1. The number of carbonyl (C=O) groups excluding carboxylic acids is 1. The highest BCUT2D eigenvalue weighted by molar-refractivity contribution is 7.91. The summed E-state index contributed by atoms with van der Waals surface area (Å²) in [4.78, 5) is 12.6. The first-order valence-corrected chi connectivity index (χ1v) is 9.75. The summed E-state index contributed by atoms with van der Waals surface area (Å²) in [5.41, 5.74) is 0. The lowest BCUT2D eigenvalue weighted by Crippen LogP contribution is -2.31. The molecule has 3 aromatic rings. The molecule has 0 spiro atoms. The number of nitrogens with one attached hydrogen (secondary N) is 1. The van der Waals surface area contributed by atoms with Crippen molar-refractivity contribution in [2.24, 2.45) is 0 Å². The molecule has 1 aromatic carbocycles. The van der Waals surface area contributed by atoms with Crippen LogP contribution in [0.3, 0.4) is 0 Å². The van der Waals surface area contributed by atoms with E-state index in [1.807, 2.05) is 0 Å². The molecule has 0 fully saturated rings. The van der Waals surface area contributed by atoms with E-state index < -0.39 is 26.8 Å². The monoisotopic (exact) mass is 379 g/mol. The van der Waals surface area contributed by atoms with Crippen molar-refractivity contribution in [1.82, 2.24) is 5.32 Å². The van der Waals surface area contributed by atoms with Gasteiger partial charge in [-0.25, -0.2) is 12.8 Å². The molecule has 1 unspecified atom stereocenters. The number of rotatable bonds is 6. The molecule has 1 amide bonds. The number of carbonyl (C=O) groups is 1. The highest BCUT2D eigenvalue weighted by atomic mass is 32.2. The maximum absolute atomic E-state index is 13.1. The van der Waals surface area contributed by atoms with Crippen molar-refractivity contribution in [3.8, 4) is 0 Å². The lowest BCUT2D eigenvalue weighted by Gasteiger charge is -2.17. The first kappa shape index (κ1) is 17.4. The Labute approximate surface area is 148 Å². The summed E-state index contributed by atoms with van der Waals surface area (Å²) in [5.74, 6) is -0.914. The average molecular weight is 379 g/mol. The highest BCUT2D eigenvalue weighted by Gasteiger charge is 2.30. The van der Waals surface area contributed by atoms with Gasteiger partial charge in [-0.1, -0.05) is 6.07 Å². The van der Waals surface area contributed by atoms with Crippen LogP contribution in [0.4, 0.5) is 4.39 Å². The zero-order chi connectivity index (χ0) is 17.9. The number of hydrogen-bond acceptors (Lipinski definition) is 5. The van der Waals surface area contributed by atoms with Crippen molar-refractivity contribution in [1.29, 1.82) is 0 Å². The molecule has 2 aromatic heterocycles. The van der Waals surface area contributed by atoms with Crippen molar-refractivity contribution in [3.05, 3.63) is 76.6 Å². The molecule has 0 aliphatic carbocycles. The number of halogens is 1. The second-order valence-electron chi connectivity index (χ2n) is 5.19. The van der Waals surface area contributed by atoms with Crippen LogP contribution in [0.25, 0.3) is 0 Å². The first-order valence-electron chi connectivity index (χ1n) is 7.33. The van der Waals surface area contributed by atoms with Crippen LogP contribution in [0, 0.1) is 5.82 Å². The third kappa shape index (κ3) is 3.80. The van der Waals surface area contributed by atoms with Gasteiger partial charge in [-0.15, -0.1) is 11.3 Å². The SMILES string of the molecule is O=C(NCC(c1cccs1)S(=O)(=O)c1ccc(F)cc1)c1ccco1. The molecule has 25 heavy (non-hydrogen) atoms. The first-order chi connectivity index (χ1) is 12.0. The van der Waals surface area contributed by atoms with Gasteiger partial charge >= 0.3 is 0 Å². The van der Waals surface area contributed by atoms with E-state index in [1.165, 1.54) is 35.8 Å². The predicted molar refractivity (Wildman–Crippen MR) is 91.7 cm³/mol. The van der Waals surface area contributed by atoms with E-state index in [0.717, 1.165) is 12.1 Å². The summed E-state index contributed by atoms with van der Waals surface area (Å²) in [5, 5.41) is 3.37. The van der Waals surface area contributed by atoms with Crippen LogP contribution >= 0.6 is 11.3 Å². The number of hydrogen-bond donors (Lipinski definition) is 1. The molecule has 0 aliphatic rings. The van der Waals surface area contributed by atoms with Gasteiger partial charge < -0.3 is 9.73 Å². The minimum absolute atomic E-state index is 0.000419. The van der Waals surface area contributed by atoms with Gasteiger partial charge in [0, 0.05) is 11.4 Å². The van der Waals surface area contributed by atoms with E-state index in [0.29, 0.717) is 4.88 Å². The second-order valence-corrected chi connectivity index (χ2v) is 8.30. The smallest absolute Gasteiger partial charge is 0.287 e. The molecule has 0 bridgehead atoms. The molecule has 2 heterocycles. The van der Waals surface area contributed by atoms with E-state index in [-0.39, 0.29) is 17.2 Å². The Balaban J connectivity index is 1.87. The normalized spacial score (nSPS) is 12.7. The largest absolute Gasteiger partial charge is 0.459 e. The molecule has 8 heteroatoms. The Morgan fingerprint density at radius 1 is 1.16 bits per heavy atom. The fraction of sp³-hybridized carbons (Fsp3) is 0.118. The van der Waals surface area contributed by atoms with E-state index in [1.54, 1.807) is 23.6 Å². The van der Waals surface area contributed by atoms with Crippen LogP contribution in [0.15, 0.2) is 69.5 Å². The molecule has 3 rings (SSSR count). The van der Waals surface area contributed by atoms with E-state index in [4.69, 9.17) is 4.42 Å². The molecular weight excluding hydrogens is 365 g/mol. The van der Waals surface area contributed by atoms with Crippen LogP contribution in [0.2, 0.25) is 0 Å². The molecular formula is C17H14FNO4S2. The maximum atomic E-state index is 13.1. The van der Waals surface area contributed by atoms with Crippen LogP contribution in [-0.2, 0) is 9.84 Å². The summed E-state index contributed by atoms with van der Waals surface area (Å²) < 4.78 is 44.0. The fourth-order valence-electron chi connectivity index (χ4n) is 2.31. The zero-order valence-corrected chi connectivity index (χ0v) is 14.5. The van der Waals surface area contributed by atoms with Gasteiger partial charge in [-0.3, -0.25) is 4.79 Å². The Morgan fingerprint density at radius 2 is 1.92 bits per heavy atom. The molecule has 130 valence electrons. The van der Waals surface area contributed by atoms with Crippen molar-refractivity contribution >= 4 is 27.1 Å². The van der Waals surface area contributed by atoms with Gasteiger partial charge in [0.15, 0.2) is 15.6 Å². The van der Waals surface area contributed by atoms with Gasteiger partial charge in [0.2, 0.25) is 0 Å². The van der Waals surface area contributed by atoms with Crippen LogP contribution in [0.1, 0.15) is 20.7 Å². The number of amides is 1. The standard InChI is InChI=1S/C17H14FNO4S2/c18-12-5-7-13(8-6-12)25(21,22)16(15-4-2-10-24-15)11-19-17(20)14-3-1-9-23-14/h1-10,16H,11H2,(H,19,20). The molecule has 0 saturated carbocycles. The zero-order valence-electron chi connectivity index (χ0n) is 12.9. The van der Waals surface area contributed by atoms with E-state index in [9.17, 15) is 17.6 Å². The molecule has 1 atom stereocenters. The second kappa shape index (κ2) is 7.20. The topological polar surface area (TPSA) is 76.4 Å². The van der Waals surface area contributed by atoms with Crippen LogP contribution < -0.4 is 5.32 Å². The van der Waals surface area contributed by atoms with Crippen LogP contribution in [-0.4, -0.2) is 20.9 Å². The molecule has 1 N–H and O–H groups in total. The van der Waals surface area contributed by atoms with Crippen molar-refractivity contribution in [3.63, 3.8) is 0 Å². The number of benzene rings is 1. The Morgan fingerprint density at radius 3 is 2.52 bits per heavy atom. The minimum atomic E-state index is -3.81. The molecule has 0 radical (unpaired) electrons. The van der Waals surface area contributed by atoms with Gasteiger partial charge in [0.05, 0.1) is 11.2 Å². The van der Waals surface area contributed by atoms with E-state index in [2.05, 4.69) is 5.32 Å². The molecule has 0 saturated heterocycles. The fourth-order valence-corrected chi connectivity index (χ4v) is 5.09. The quantitative estimate of drug-likeness (QED) is 0.666. The lowest BCUT2D eigenvalue weighted by atomic mass is 10.3. The molecule has 0 aliphatic heterocycles. The maximum Gasteiger partial charge on any atom is 0.287 e. The van der Waals surface area contributed by atoms with Gasteiger partial charge in [0.25, 0.3) is 5.91 Å². The summed E-state index contributed by atoms with van der Waals surface area (Å²) in [6.07, 6.45) is 1.36. The summed E-state index contributed by atoms with van der Waals surface area (Å²) in [6, 6.07) is 11.1. The Bertz CT molecular complexity index is 933. The predicted octanol–water partition coefficient (Wildman–Crippen LogP) is 3.43. The Hall–Kier alpha value is -2.45. The lowest BCUT2D eigenvalue weighted by molar-refractivity contribution is 0.0926. The summed E-state index contributed by atoms with van der Waals surface area (Å²) in [7, 11) is -3.81. The Kier molecular flexibility index (Phi) is 5.00.